The van der Waals surface area contributed by atoms with Gasteiger partial charge in [-0.15, -0.1) is 0 Å². The quantitative estimate of drug-likeness (QED) is 0.174. The summed E-state index contributed by atoms with van der Waals surface area (Å²) in [5.41, 5.74) is 0.448. The molecule has 3 rings (SSSR count). The van der Waals surface area contributed by atoms with Gasteiger partial charge < -0.3 is 52.2 Å². The molecule has 0 amide bonds. The maximum atomic E-state index is 13.4. The van der Waals surface area contributed by atoms with Crippen LogP contribution in [-0.4, -0.2) is 86.5 Å². The first kappa shape index (κ1) is 30.2. The molecule has 0 atom stereocenters. The zero-order valence-electron chi connectivity index (χ0n) is 22.3. The highest BCUT2D eigenvalue weighted by Gasteiger charge is 2.18. The van der Waals surface area contributed by atoms with Crippen LogP contribution in [0.15, 0.2) is 45.8 Å². The minimum Gasteiger partial charge on any atom is -0.504 e. The third-order valence-electron chi connectivity index (χ3n) is 5.30. The molecule has 1 N–H and O–H groups in total. The molecule has 2 aromatic carbocycles. The van der Waals surface area contributed by atoms with Crippen LogP contribution in [0, 0.1) is 0 Å². The molecule has 39 heavy (non-hydrogen) atoms. The van der Waals surface area contributed by atoms with E-state index in [1.165, 1.54) is 18.4 Å². The van der Waals surface area contributed by atoms with E-state index in [-0.39, 0.29) is 54.2 Å². The molecule has 0 fully saturated rings. The normalized spacial score (nSPS) is 11.2. The van der Waals surface area contributed by atoms with Gasteiger partial charge in [0.05, 0.1) is 50.6 Å². The molecular formula is C27H34O12. The molecule has 0 spiro atoms. The van der Waals surface area contributed by atoms with Crippen molar-refractivity contribution in [3.8, 4) is 34.1 Å². The van der Waals surface area contributed by atoms with E-state index in [1.807, 2.05) is 0 Å². The Morgan fingerprint density at radius 1 is 0.692 bits per heavy atom. The van der Waals surface area contributed by atoms with Crippen LogP contribution in [0.25, 0.3) is 22.1 Å². The maximum Gasteiger partial charge on any atom is 0.200 e. The maximum absolute atomic E-state index is 13.4. The monoisotopic (exact) mass is 550 g/mol. The minimum absolute atomic E-state index is 0.0233. The smallest absolute Gasteiger partial charge is 0.200 e. The van der Waals surface area contributed by atoms with Crippen LogP contribution < -0.4 is 19.6 Å². The second-order valence-electron chi connectivity index (χ2n) is 7.94. The number of rotatable bonds is 19. The van der Waals surface area contributed by atoms with E-state index in [0.717, 1.165) is 0 Å². The van der Waals surface area contributed by atoms with Crippen LogP contribution >= 0.6 is 0 Å². The third kappa shape index (κ3) is 9.10. The number of ether oxygens (including phenoxy) is 9. The number of benzene rings is 2. The topological polar surface area (TPSA) is 134 Å². The molecule has 214 valence electrons. The molecule has 12 heteroatoms. The van der Waals surface area contributed by atoms with E-state index < -0.39 is 0 Å². The van der Waals surface area contributed by atoms with E-state index in [0.29, 0.717) is 56.4 Å². The van der Waals surface area contributed by atoms with Crippen molar-refractivity contribution < 1.29 is 52.2 Å². The van der Waals surface area contributed by atoms with Crippen molar-refractivity contribution in [1.29, 1.82) is 0 Å². The Labute approximate surface area is 225 Å². The van der Waals surface area contributed by atoms with Gasteiger partial charge in [0.2, 0.25) is 5.43 Å². The number of hydrogen-bond acceptors (Lipinski definition) is 12. The van der Waals surface area contributed by atoms with Gasteiger partial charge in [-0.1, -0.05) is 0 Å². The number of hydrogen-bond donors (Lipinski definition) is 1. The summed E-state index contributed by atoms with van der Waals surface area (Å²) in [4.78, 5) is 13.4. The van der Waals surface area contributed by atoms with E-state index >= 15 is 0 Å². The first-order valence-corrected chi connectivity index (χ1v) is 12.1. The highest BCUT2D eigenvalue weighted by atomic mass is 16.7. The summed E-state index contributed by atoms with van der Waals surface area (Å²) in [5.74, 6) is 0.587. The van der Waals surface area contributed by atoms with E-state index in [9.17, 15) is 9.90 Å². The lowest BCUT2D eigenvalue weighted by atomic mass is 10.0. The average Bonchev–Trinajstić information content (AvgIpc) is 2.94. The van der Waals surface area contributed by atoms with Gasteiger partial charge in [0.1, 0.15) is 23.3 Å². The van der Waals surface area contributed by atoms with Crippen LogP contribution in [0.4, 0.5) is 0 Å². The third-order valence-corrected chi connectivity index (χ3v) is 5.30. The lowest BCUT2D eigenvalue weighted by Crippen LogP contribution is -2.11. The second kappa shape index (κ2) is 16.5. The summed E-state index contributed by atoms with van der Waals surface area (Å²) in [6.45, 7) is 2.02. The Morgan fingerprint density at radius 3 is 1.90 bits per heavy atom. The molecule has 0 unspecified atom stereocenters. The molecule has 0 radical (unpaired) electrons. The molecular weight excluding hydrogens is 516 g/mol. The molecule has 12 nitrogen and oxygen atoms in total. The number of fused-ring (bicyclic) bond motifs is 1. The van der Waals surface area contributed by atoms with Gasteiger partial charge in [-0.2, -0.15) is 0 Å². The van der Waals surface area contributed by atoms with Crippen molar-refractivity contribution in [3.63, 3.8) is 0 Å². The summed E-state index contributed by atoms with van der Waals surface area (Å²) in [5, 5.41) is 10.9. The summed E-state index contributed by atoms with van der Waals surface area (Å²) in [7, 11) is 4.70. The zero-order chi connectivity index (χ0) is 27.9. The fourth-order valence-corrected chi connectivity index (χ4v) is 3.30. The number of phenols is 1. The Bertz CT molecular complexity index is 1210. The van der Waals surface area contributed by atoms with Gasteiger partial charge in [-0.3, -0.25) is 4.79 Å². The molecule has 0 saturated carbocycles. The van der Waals surface area contributed by atoms with Crippen molar-refractivity contribution in [3.05, 3.63) is 46.8 Å². The van der Waals surface area contributed by atoms with Crippen molar-refractivity contribution in [1.82, 2.24) is 0 Å². The van der Waals surface area contributed by atoms with Gasteiger partial charge in [-0.25, -0.2) is 0 Å². The number of aromatic hydroxyl groups is 1. The molecule has 0 saturated heterocycles. The zero-order valence-corrected chi connectivity index (χ0v) is 22.3. The summed E-state index contributed by atoms with van der Waals surface area (Å²) < 4.78 is 53.4. The highest BCUT2D eigenvalue weighted by molar-refractivity contribution is 5.84. The fraction of sp³-hybridized carbons (Fsp3) is 0.444. The van der Waals surface area contributed by atoms with Crippen molar-refractivity contribution in [2.75, 3.05) is 81.3 Å². The van der Waals surface area contributed by atoms with Crippen LogP contribution in [0.3, 0.4) is 0 Å². The minimum atomic E-state index is -0.333. The van der Waals surface area contributed by atoms with E-state index in [1.54, 1.807) is 39.5 Å². The van der Waals surface area contributed by atoms with E-state index in [4.69, 9.17) is 47.0 Å². The number of phenolic OH excluding ortho intramolecular Hbond substituents is 1. The van der Waals surface area contributed by atoms with Crippen molar-refractivity contribution in [2.45, 2.75) is 0 Å². The Kier molecular flexibility index (Phi) is 12.8. The lowest BCUT2D eigenvalue weighted by molar-refractivity contribution is -0.0122. The van der Waals surface area contributed by atoms with Crippen LogP contribution in [0.5, 0.6) is 23.0 Å². The standard InChI is InChI=1S/C27H34O12/c1-30-6-9-33-16-37-19-4-5-20-24(12-19)36-15-22(27(20)29)21-13-23(28)26(39-18-35-11-8-32-3)14-25(21)38-17-34-10-7-31-2/h4-5,12-15,28H,6-11,16-18H2,1-3H3. The molecule has 0 aliphatic heterocycles. The van der Waals surface area contributed by atoms with Gasteiger partial charge in [0.25, 0.3) is 0 Å². The largest absolute Gasteiger partial charge is 0.504 e. The predicted molar refractivity (Wildman–Crippen MR) is 140 cm³/mol. The number of methoxy groups -OCH3 is 3. The summed E-state index contributed by atoms with van der Waals surface area (Å²) in [6.07, 6.45) is 1.30. The van der Waals surface area contributed by atoms with Crippen LogP contribution in [-0.2, 0) is 28.4 Å². The summed E-state index contributed by atoms with van der Waals surface area (Å²) in [6, 6.07) is 7.65. The van der Waals surface area contributed by atoms with Crippen molar-refractivity contribution in [2.24, 2.45) is 0 Å². The molecule has 1 aromatic heterocycles. The van der Waals surface area contributed by atoms with Crippen LogP contribution in [0.2, 0.25) is 0 Å². The van der Waals surface area contributed by atoms with Gasteiger partial charge >= 0.3 is 0 Å². The summed E-state index contributed by atoms with van der Waals surface area (Å²) >= 11 is 0. The highest BCUT2D eigenvalue weighted by Crippen LogP contribution is 2.39. The Balaban J connectivity index is 1.84. The van der Waals surface area contributed by atoms with E-state index in [2.05, 4.69) is 0 Å². The lowest BCUT2D eigenvalue weighted by Gasteiger charge is -2.15. The molecule has 0 bridgehead atoms. The Hall–Kier alpha value is -3.39. The predicted octanol–water partition coefficient (Wildman–Crippen LogP) is 3.16. The molecule has 0 aliphatic rings. The van der Waals surface area contributed by atoms with Gasteiger partial charge in [0.15, 0.2) is 31.9 Å². The molecule has 1 heterocycles. The van der Waals surface area contributed by atoms with Crippen molar-refractivity contribution >= 4 is 11.0 Å². The molecule has 3 aromatic rings. The average molecular weight is 551 g/mol. The molecule has 0 aliphatic carbocycles. The van der Waals surface area contributed by atoms with Gasteiger partial charge in [0, 0.05) is 39.0 Å². The van der Waals surface area contributed by atoms with Gasteiger partial charge in [-0.05, 0) is 18.2 Å². The fourth-order valence-electron chi connectivity index (χ4n) is 3.30. The SMILES string of the molecule is COCCOCOc1ccc2c(=O)c(-c3cc(O)c(OCOCCOC)cc3OCOCCOC)coc2c1. The first-order valence-electron chi connectivity index (χ1n) is 12.1. The Morgan fingerprint density at radius 2 is 1.28 bits per heavy atom. The second-order valence-corrected chi connectivity index (χ2v) is 7.94. The van der Waals surface area contributed by atoms with Crippen LogP contribution in [0.1, 0.15) is 0 Å². The first-order chi connectivity index (χ1) is 19.1.